The fraction of sp³-hybridized carbons (Fsp3) is 0.231. The molecule has 0 bridgehead atoms. The van der Waals surface area contributed by atoms with Crippen LogP contribution in [0.25, 0.3) is 10.6 Å². The van der Waals surface area contributed by atoms with E-state index in [1.807, 2.05) is 13.8 Å². The largest absolute Gasteiger partial charge is 0.477 e. The van der Waals surface area contributed by atoms with E-state index < -0.39 is 17.6 Å². The van der Waals surface area contributed by atoms with Crippen molar-refractivity contribution in [1.82, 2.24) is 4.98 Å². The van der Waals surface area contributed by atoms with Gasteiger partial charge in [-0.25, -0.2) is 18.6 Å². The molecule has 0 aliphatic heterocycles. The molecule has 0 saturated carbocycles. The number of carboxylic acid groups (broad SMARTS) is 1. The molecule has 2 rings (SSSR count). The molecule has 19 heavy (non-hydrogen) atoms. The predicted octanol–water partition coefficient (Wildman–Crippen LogP) is 3.91. The molecule has 0 saturated heterocycles. The number of carbonyl (C=O) groups is 1. The Morgan fingerprint density at radius 1 is 1.32 bits per heavy atom. The second-order valence-electron chi connectivity index (χ2n) is 4.32. The lowest BCUT2D eigenvalue weighted by Gasteiger charge is -2.00. The fourth-order valence-electron chi connectivity index (χ4n) is 1.63. The van der Waals surface area contributed by atoms with Gasteiger partial charge in [-0.15, -0.1) is 11.3 Å². The van der Waals surface area contributed by atoms with Crippen LogP contribution >= 0.6 is 11.3 Å². The van der Waals surface area contributed by atoms with Crippen molar-refractivity contribution in [2.24, 2.45) is 0 Å². The number of nitrogens with zero attached hydrogens (tertiary/aromatic N) is 1. The summed E-state index contributed by atoms with van der Waals surface area (Å²) in [6, 6.07) is 3.40. The summed E-state index contributed by atoms with van der Waals surface area (Å²) in [6.45, 7) is 3.66. The highest BCUT2D eigenvalue weighted by molar-refractivity contribution is 7.17. The first kappa shape index (κ1) is 13.6. The topological polar surface area (TPSA) is 50.2 Å². The summed E-state index contributed by atoms with van der Waals surface area (Å²) in [5.41, 5.74) is 0.829. The van der Waals surface area contributed by atoms with Gasteiger partial charge in [0.05, 0.1) is 5.69 Å². The van der Waals surface area contributed by atoms with Crippen LogP contribution in [0.15, 0.2) is 18.2 Å². The third-order valence-electron chi connectivity index (χ3n) is 2.56. The summed E-state index contributed by atoms with van der Waals surface area (Å²) in [4.78, 5) is 15.5. The molecule has 1 N–H and O–H groups in total. The molecular weight excluding hydrogens is 272 g/mol. The van der Waals surface area contributed by atoms with E-state index in [9.17, 15) is 13.6 Å². The molecule has 0 fully saturated rings. The van der Waals surface area contributed by atoms with E-state index in [2.05, 4.69) is 4.98 Å². The minimum Gasteiger partial charge on any atom is -0.477 e. The monoisotopic (exact) mass is 283 g/mol. The smallest absolute Gasteiger partial charge is 0.347 e. The second-order valence-corrected chi connectivity index (χ2v) is 5.32. The van der Waals surface area contributed by atoms with Crippen molar-refractivity contribution in [2.75, 3.05) is 0 Å². The Labute approximate surface area is 112 Å². The third kappa shape index (κ3) is 2.63. The minimum atomic E-state index is -1.06. The number of thiazole rings is 1. The van der Waals surface area contributed by atoms with Gasteiger partial charge in [0, 0.05) is 5.56 Å². The summed E-state index contributed by atoms with van der Waals surface area (Å²) in [6.07, 6.45) is 0. The van der Waals surface area contributed by atoms with Crippen molar-refractivity contribution in [3.8, 4) is 10.6 Å². The van der Waals surface area contributed by atoms with Crippen LogP contribution in [0.2, 0.25) is 0 Å². The number of hydrogen-bond donors (Lipinski definition) is 1. The van der Waals surface area contributed by atoms with Gasteiger partial charge in [0.2, 0.25) is 0 Å². The van der Waals surface area contributed by atoms with E-state index in [1.54, 1.807) is 0 Å². The second kappa shape index (κ2) is 5.05. The Morgan fingerprint density at radius 3 is 2.47 bits per heavy atom. The van der Waals surface area contributed by atoms with Crippen molar-refractivity contribution in [3.05, 3.63) is 40.4 Å². The molecular formula is C13H11F2NO2S. The molecule has 0 aliphatic carbocycles. The van der Waals surface area contributed by atoms with E-state index in [1.165, 1.54) is 6.07 Å². The molecule has 1 heterocycles. The SMILES string of the molecule is CC(C)c1nc(-c2ccc(F)c(F)c2)sc1C(=O)O. The quantitative estimate of drug-likeness (QED) is 0.929. The van der Waals surface area contributed by atoms with Crippen LogP contribution in [0, 0.1) is 11.6 Å². The van der Waals surface area contributed by atoms with Gasteiger partial charge >= 0.3 is 5.97 Å². The zero-order chi connectivity index (χ0) is 14.2. The van der Waals surface area contributed by atoms with Crippen molar-refractivity contribution in [2.45, 2.75) is 19.8 Å². The molecule has 0 amide bonds. The number of aromatic carboxylic acids is 1. The van der Waals surface area contributed by atoms with Crippen molar-refractivity contribution < 1.29 is 18.7 Å². The molecule has 2 aromatic rings. The number of hydrogen-bond acceptors (Lipinski definition) is 3. The number of carboxylic acids is 1. The summed E-state index contributed by atoms with van der Waals surface area (Å²) < 4.78 is 26.0. The lowest BCUT2D eigenvalue weighted by atomic mass is 10.1. The standard InChI is InChI=1S/C13H11F2NO2S/c1-6(2)10-11(13(17)18)19-12(16-10)7-3-4-8(14)9(15)5-7/h3-6H,1-2H3,(H,17,18). The van der Waals surface area contributed by atoms with Crippen LogP contribution in [-0.4, -0.2) is 16.1 Å². The Balaban J connectivity index is 2.54. The number of halogens is 2. The molecule has 0 radical (unpaired) electrons. The van der Waals surface area contributed by atoms with Gasteiger partial charge in [-0.1, -0.05) is 13.8 Å². The van der Waals surface area contributed by atoms with Gasteiger partial charge in [0.25, 0.3) is 0 Å². The lowest BCUT2D eigenvalue weighted by molar-refractivity contribution is 0.0700. The van der Waals surface area contributed by atoms with E-state index >= 15 is 0 Å². The van der Waals surface area contributed by atoms with Crippen LogP contribution in [0.1, 0.15) is 35.1 Å². The Morgan fingerprint density at radius 2 is 2.00 bits per heavy atom. The maximum absolute atomic E-state index is 13.2. The number of aromatic nitrogens is 1. The first-order valence-electron chi connectivity index (χ1n) is 5.59. The van der Waals surface area contributed by atoms with Gasteiger partial charge in [0.1, 0.15) is 9.88 Å². The highest BCUT2D eigenvalue weighted by Crippen LogP contribution is 2.32. The summed E-state index contributed by atoms with van der Waals surface area (Å²) in [5, 5.41) is 9.48. The Hall–Kier alpha value is -1.82. The van der Waals surface area contributed by atoms with E-state index in [0.29, 0.717) is 16.3 Å². The molecule has 3 nitrogen and oxygen atoms in total. The molecule has 0 spiro atoms. The fourth-order valence-corrected chi connectivity index (χ4v) is 2.68. The van der Waals surface area contributed by atoms with Crippen LogP contribution in [0.3, 0.4) is 0 Å². The highest BCUT2D eigenvalue weighted by Gasteiger charge is 2.20. The average molecular weight is 283 g/mol. The van der Waals surface area contributed by atoms with E-state index in [-0.39, 0.29) is 10.8 Å². The van der Waals surface area contributed by atoms with Gasteiger partial charge < -0.3 is 5.11 Å². The Kier molecular flexibility index (Phi) is 3.61. The number of benzene rings is 1. The molecule has 0 aliphatic rings. The summed E-state index contributed by atoms with van der Waals surface area (Å²) in [5.74, 6) is -3.03. The summed E-state index contributed by atoms with van der Waals surface area (Å²) in [7, 11) is 0. The van der Waals surface area contributed by atoms with Crippen LogP contribution in [-0.2, 0) is 0 Å². The molecule has 0 atom stereocenters. The van der Waals surface area contributed by atoms with Crippen molar-refractivity contribution in [3.63, 3.8) is 0 Å². The zero-order valence-electron chi connectivity index (χ0n) is 10.3. The normalized spacial score (nSPS) is 11.0. The zero-order valence-corrected chi connectivity index (χ0v) is 11.1. The average Bonchev–Trinajstić information content (AvgIpc) is 2.78. The maximum Gasteiger partial charge on any atom is 0.347 e. The third-order valence-corrected chi connectivity index (χ3v) is 3.67. The molecule has 1 aromatic heterocycles. The van der Waals surface area contributed by atoms with Gasteiger partial charge in [-0.05, 0) is 24.1 Å². The van der Waals surface area contributed by atoms with Crippen LogP contribution in [0.5, 0.6) is 0 Å². The maximum atomic E-state index is 13.2. The molecule has 0 unspecified atom stereocenters. The van der Waals surface area contributed by atoms with Crippen molar-refractivity contribution in [1.29, 1.82) is 0 Å². The predicted molar refractivity (Wildman–Crippen MR) is 68.5 cm³/mol. The Bertz CT molecular complexity index is 638. The van der Waals surface area contributed by atoms with Gasteiger partial charge in [-0.3, -0.25) is 0 Å². The highest BCUT2D eigenvalue weighted by atomic mass is 32.1. The minimum absolute atomic E-state index is 0.0543. The molecule has 100 valence electrons. The first-order valence-corrected chi connectivity index (χ1v) is 6.41. The van der Waals surface area contributed by atoms with Crippen LogP contribution in [0.4, 0.5) is 8.78 Å². The van der Waals surface area contributed by atoms with E-state index in [0.717, 1.165) is 23.5 Å². The lowest BCUT2D eigenvalue weighted by Crippen LogP contribution is -2.00. The number of rotatable bonds is 3. The first-order chi connectivity index (χ1) is 8.90. The molecule has 1 aromatic carbocycles. The van der Waals surface area contributed by atoms with Crippen molar-refractivity contribution >= 4 is 17.3 Å². The molecule has 6 heteroatoms. The van der Waals surface area contributed by atoms with Crippen LogP contribution < -0.4 is 0 Å². The van der Waals surface area contributed by atoms with Gasteiger partial charge in [-0.2, -0.15) is 0 Å². The summed E-state index contributed by atoms with van der Waals surface area (Å²) >= 11 is 0.964. The van der Waals surface area contributed by atoms with E-state index in [4.69, 9.17) is 5.11 Å². The van der Waals surface area contributed by atoms with Gasteiger partial charge in [0.15, 0.2) is 11.6 Å².